The maximum absolute atomic E-state index is 6.02. The first kappa shape index (κ1) is 15.0. The van der Waals surface area contributed by atoms with E-state index in [0.29, 0.717) is 0 Å². The van der Waals surface area contributed by atoms with Gasteiger partial charge in [0.25, 0.3) is 0 Å². The summed E-state index contributed by atoms with van der Waals surface area (Å²) in [5.74, 6) is 0. The quantitative estimate of drug-likeness (QED) is 0.332. The van der Waals surface area contributed by atoms with E-state index in [4.69, 9.17) is 4.42 Å². The zero-order valence-electron chi connectivity index (χ0n) is 14.6. The van der Waals surface area contributed by atoms with Gasteiger partial charge in [-0.3, -0.25) is 0 Å². The maximum Gasteiger partial charge on any atom is 0.136 e. The summed E-state index contributed by atoms with van der Waals surface area (Å²) < 4.78 is 6.02. The van der Waals surface area contributed by atoms with Gasteiger partial charge in [0.15, 0.2) is 0 Å². The molecule has 0 N–H and O–H groups in total. The number of rotatable bonds is 2. The molecule has 1 nitrogen and oxygen atoms in total. The molecule has 0 aliphatic carbocycles. The fraction of sp³-hybridized carbons (Fsp3) is 0.0400. The van der Waals surface area contributed by atoms with Crippen LogP contribution in [0.15, 0.2) is 95.4 Å². The second-order valence-electron chi connectivity index (χ2n) is 6.72. The van der Waals surface area contributed by atoms with Crippen molar-refractivity contribution in [3.05, 3.63) is 96.6 Å². The maximum atomic E-state index is 6.02. The minimum Gasteiger partial charge on any atom is -0.456 e. The van der Waals surface area contributed by atoms with Gasteiger partial charge >= 0.3 is 0 Å². The highest BCUT2D eigenvalue weighted by molar-refractivity contribution is 6.12. The number of aryl methyl sites for hydroxylation is 1. The summed E-state index contributed by atoms with van der Waals surface area (Å²) in [6.07, 6.45) is 0. The summed E-state index contributed by atoms with van der Waals surface area (Å²) in [5.41, 5.74) is 8.05. The third-order valence-corrected chi connectivity index (χ3v) is 4.98. The molecular formula is C25H18O. The Labute approximate surface area is 152 Å². The van der Waals surface area contributed by atoms with E-state index >= 15 is 0 Å². The molecule has 0 unspecified atom stereocenters. The Hall–Kier alpha value is -3.32. The molecule has 1 heteroatoms. The number of para-hydroxylation sites is 1. The van der Waals surface area contributed by atoms with Crippen LogP contribution in [0.2, 0.25) is 0 Å². The molecule has 0 saturated carbocycles. The van der Waals surface area contributed by atoms with E-state index in [-0.39, 0.29) is 0 Å². The second-order valence-corrected chi connectivity index (χ2v) is 6.72. The van der Waals surface area contributed by atoms with Crippen LogP contribution in [0.25, 0.3) is 44.2 Å². The minimum absolute atomic E-state index is 0.936. The van der Waals surface area contributed by atoms with Crippen molar-refractivity contribution in [1.82, 2.24) is 0 Å². The van der Waals surface area contributed by atoms with Crippen molar-refractivity contribution in [3.8, 4) is 22.3 Å². The predicted octanol–water partition coefficient (Wildman–Crippen LogP) is 7.23. The molecule has 0 fully saturated rings. The lowest BCUT2D eigenvalue weighted by Crippen LogP contribution is -1.82. The van der Waals surface area contributed by atoms with Crippen molar-refractivity contribution in [2.75, 3.05) is 0 Å². The van der Waals surface area contributed by atoms with E-state index < -0.39 is 0 Å². The van der Waals surface area contributed by atoms with Crippen molar-refractivity contribution in [3.63, 3.8) is 0 Å². The van der Waals surface area contributed by atoms with Gasteiger partial charge in [-0.1, -0.05) is 84.4 Å². The average Bonchev–Trinajstić information content (AvgIpc) is 3.07. The number of hydrogen-bond donors (Lipinski definition) is 0. The first-order valence-corrected chi connectivity index (χ1v) is 8.87. The van der Waals surface area contributed by atoms with Crippen LogP contribution in [0.5, 0.6) is 0 Å². The molecule has 26 heavy (non-hydrogen) atoms. The second kappa shape index (κ2) is 5.89. The molecule has 0 aliphatic rings. The van der Waals surface area contributed by atoms with E-state index in [9.17, 15) is 0 Å². The summed E-state index contributed by atoms with van der Waals surface area (Å²) in [4.78, 5) is 0. The lowest BCUT2D eigenvalue weighted by atomic mass is 9.97. The van der Waals surface area contributed by atoms with E-state index in [1.54, 1.807) is 0 Å². The van der Waals surface area contributed by atoms with E-state index in [2.05, 4.69) is 79.7 Å². The molecular weight excluding hydrogens is 316 g/mol. The Morgan fingerprint density at radius 2 is 1.15 bits per heavy atom. The molecule has 0 bridgehead atoms. The topological polar surface area (TPSA) is 13.1 Å². The third kappa shape index (κ3) is 2.41. The number of hydrogen-bond acceptors (Lipinski definition) is 1. The molecule has 4 aromatic carbocycles. The first-order valence-electron chi connectivity index (χ1n) is 8.87. The van der Waals surface area contributed by atoms with Crippen molar-refractivity contribution in [1.29, 1.82) is 0 Å². The van der Waals surface area contributed by atoms with Crippen LogP contribution in [0.1, 0.15) is 5.56 Å². The Balaban J connectivity index is 1.65. The fourth-order valence-electron chi connectivity index (χ4n) is 3.60. The lowest BCUT2D eigenvalue weighted by molar-refractivity contribution is 0.669. The highest BCUT2D eigenvalue weighted by Crippen LogP contribution is 2.37. The SMILES string of the molecule is Cc1ccc(-c2ccc(-c3cccc4oc5ccccc5c34)cc2)cc1. The van der Waals surface area contributed by atoms with Crippen LogP contribution in [-0.2, 0) is 0 Å². The van der Waals surface area contributed by atoms with E-state index in [1.807, 2.05) is 18.2 Å². The van der Waals surface area contributed by atoms with Crippen LogP contribution < -0.4 is 0 Å². The molecule has 124 valence electrons. The van der Waals surface area contributed by atoms with Gasteiger partial charge in [0, 0.05) is 10.8 Å². The molecule has 0 amide bonds. The molecule has 1 aromatic heterocycles. The minimum atomic E-state index is 0.936. The van der Waals surface area contributed by atoms with Crippen molar-refractivity contribution in [2.24, 2.45) is 0 Å². The normalized spacial score (nSPS) is 11.3. The smallest absolute Gasteiger partial charge is 0.136 e. The lowest BCUT2D eigenvalue weighted by Gasteiger charge is -2.07. The Kier molecular flexibility index (Phi) is 3.39. The summed E-state index contributed by atoms with van der Waals surface area (Å²) in [7, 11) is 0. The Morgan fingerprint density at radius 3 is 1.92 bits per heavy atom. The fourth-order valence-corrected chi connectivity index (χ4v) is 3.60. The van der Waals surface area contributed by atoms with E-state index in [0.717, 1.165) is 11.2 Å². The molecule has 5 aromatic rings. The van der Waals surface area contributed by atoms with Crippen LogP contribution in [0, 0.1) is 6.92 Å². The standard InChI is InChI=1S/C25H18O/c1-17-9-11-18(12-10-17)19-13-15-20(16-14-19)21-6-4-8-24-25(21)22-5-2-3-7-23(22)26-24/h2-16H,1H3. The molecule has 0 radical (unpaired) electrons. The highest BCUT2D eigenvalue weighted by Gasteiger charge is 2.11. The summed E-state index contributed by atoms with van der Waals surface area (Å²) in [5, 5.41) is 2.35. The molecule has 0 aliphatic heterocycles. The van der Waals surface area contributed by atoms with Gasteiger partial charge in [0.05, 0.1) is 0 Å². The highest BCUT2D eigenvalue weighted by atomic mass is 16.3. The first-order chi connectivity index (χ1) is 12.8. The van der Waals surface area contributed by atoms with E-state index in [1.165, 1.54) is 38.6 Å². The van der Waals surface area contributed by atoms with Crippen molar-refractivity contribution < 1.29 is 4.42 Å². The van der Waals surface area contributed by atoms with Gasteiger partial charge in [-0.05, 0) is 41.3 Å². The number of furan rings is 1. The zero-order chi connectivity index (χ0) is 17.5. The van der Waals surface area contributed by atoms with Gasteiger partial charge in [-0.15, -0.1) is 0 Å². The molecule has 0 spiro atoms. The Morgan fingerprint density at radius 1 is 0.538 bits per heavy atom. The zero-order valence-corrected chi connectivity index (χ0v) is 14.6. The summed E-state index contributed by atoms with van der Waals surface area (Å²) in [6, 6.07) is 32.0. The number of fused-ring (bicyclic) bond motifs is 3. The summed E-state index contributed by atoms with van der Waals surface area (Å²) >= 11 is 0. The summed E-state index contributed by atoms with van der Waals surface area (Å²) in [6.45, 7) is 2.11. The molecule has 0 saturated heterocycles. The van der Waals surface area contributed by atoms with Gasteiger partial charge in [-0.2, -0.15) is 0 Å². The molecule has 1 heterocycles. The third-order valence-electron chi connectivity index (χ3n) is 4.98. The number of benzene rings is 4. The van der Waals surface area contributed by atoms with Gasteiger partial charge < -0.3 is 4.42 Å². The molecule has 0 atom stereocenters. The van der Waals surface area contributed by atoms with Gasteiger partial charge in [-0.25, -0.2) is 0 Å². The largest absolute Gasteiger partial charge is 0.456 e. The Bertz CT molecular complexity index is 1210. The van der Waals surface area contributed by atoms with Crippen LogP contribution >= 0.6 is 0 Å². The average molecular weight is 334 g/mol. The molecule has 5 rings (SSSR count). The van der Waals surface area contributed by atoms with Crippen molar-refractivity contribution >= 4 is 21.9 Å². The van der Waals surface area contributed by atoms with Crippen LogP contribution in [0.3, 0.4) is 0 Å². The van der Waals surface area contributed by atoms with Crippen LogP contribution in [-0.4, -0.2) is 0 Å². The van der Waals surface area contributed by atoms with Crippen LogP contribution in [0.4, 0.5) is 0 Å². The van der Waals surface area contributed by atoms with Gasteiger partial charge in [0.1, 0.15) is 11.2 Å². The predicted molar refractivity (Wildman–Crippen MR) is 109 cm³/mol. The monoisotopic (exact) mass is 334 g/mol. The van der Waals surface area contributed by atoms with Gasteiger partial charge in [0.2, 0.25) is 0 Å². The van der Waals surface area contributed by atoms with Crippen molar-refractivity contribution in [2.45, 2.75) is 6.92 Å².